The lowest BCUT2D eigenvalue weighted by molar-refractivity contribution is 0.669. The van der Waals surface area contributed by atoms with Gasteiger partial charge in [-0.05, 0) is 81.9 Å². The molecule has 2 nitrogen and oxygen atoms in total. The number of anilines is 3. The molecule has 220 valence electrons. The van der Waals surface area contributed by atoms with Gasteiger partial charge in [-0.2, -0.15) is 0 Å². The molecule has 0 saturated carbocycles. The van der Waals surface area contributed by atoms with Crippen LogP contribution in [-0.4, -0.2) is 0 Å². The van der Waals surface area contributed by atoms with Crippen molar-refractivity contribution in [2.75, 3.05) is 4.90 Å². The van der Waals surface area contributed by atoms with Gasteiger partial charge in [-0.15, -0.1) is 11.3 Å². The molecular weight excluding hydrogens is 591 g/mol. The number of fused-ring (bicyclic) bond motifs is 9. The number of hydrogen-bond acceptors (Lipinski definition) is 3. The third-order valence-electron chi connectivity index (χ3n) is 9.45. The van der Waals surface area contributed by atoms with Crippen LogP contribution >= 0.6 is 11.3 Å². The van der Waals surface area contributed by atoms with Gasteiger partial charge < -0.3 is 9.32 Å². The van der Waals surface area contributed by atoms with E-state index in [1.54, 1.807) is 0 Å². The Labute approximate surface area is 275 Å². The maximum absolute atomic E-state index is 6.24. The SMILES string of the molecule is c1ccc(-c2ccc(N(c3ccc4c(c3)sc3ccccc34)c3cccc4c3ccc3cc5oc6ccccc6c5cc34)cc2)cc1. The summed E-state index contributed by atoms with van der Waals surface area (Å²) >= 11 is 1.86. The lowest BCUT2D eigenvalue weighted by Crippen LogP contribution is -2.10. The molecular formula is C44H27NOS. The second kappa shape index (κ2) is 10.3. The summed E-state index contributed by atoms with van der Waals surface area (Å²) in [5.74, 6) is 0. The molecule has 0 atom stereocenters. The minimum atomic E-state index is 0.921. The highest BCUT2D eigenvalue weighted by Crippen LogP contribution is 2.44. The van der Waals surface area contributed by atoms with Crippen LogP contribution in [0.1, 0.15) is 0 Å². The first-order valence-corrected chi connectivity index (χ1v) is 16.7. The van der Waals surface area contributed by atoms with E-state index in [0.29, 0.717) is 0 Å². The quantitative estimate of drug-likeness (QED) is 0.183. The standard InChI is InChI=1S/C44H27NOS/c1-2-9-28(10-3-1)29-17-20-31(21-18-29)45(32-22-24-37-36-12-5-7-16-43(36)47-44(37)26-32)40-14-8-13-33-34(40)23-19-30-25-42-39(27-38(30)33)35-11-4-6-15-41(35)46-42/h1-27H. The van der Waals surface area contributed by atoms with Gasteiger partial charge >= 0.3 is 0 Å². The van der Waals surface area contributed by atoms with Gasteiger partial charge in [0, 0.05) is 47.7 Å². The summed E-state index contributed by atoms with van der Waals surface area (Å²) in [6.45, 7) is 0. The van der Waals surface area contributed by atoms with E-state index in [2.05, 4.69) is 157 Å². The summed E-state index contributed by atoms with van der Waals surface area (Å²) in [7, 11) is 0. The fourth-order valence-corrected chi connectivity index (χ4v) is 8.34. The highest BCUT2D eigenvalue weighted by Gasteiger charge is 2.19. The first-order chi connectivity index (χ1) is 23.3. The Balaban J connectivity index is 1.21. The van der Waals surface area contributed by atoms with Gasteiger partial charge in [0.1, 0.15) is 11.2 Å². The van der Waals surface area contributed by atoms with E-state index >= 15 is 0 Å². The van der Waals surface area contributed by atoms with Crippen molar-refractivity contribution >= 4 is 92.1 Å². The molecule has 0 N–H and O–H groups in total. The van der Waals surface area contributed by atoms with Crippen molar-refractivity contribution in [1.82, 2.24) is 0 Å². The molecule has 0 fully saturated rings. The summed E-state index contributed by atoms with van der Waals surface area (Å²) in [5.41, 5.74) is 7.67. The number of hydrogen-bond donors (Lipinski definition) is 0. The monoisotopic (exact) mass is 617 g/mol. The number of nitrogens with zero attached hydrogens (tertiary/aromatic N) is 1. The largest absolute Gasteiger partial charge is 0.456 e. The molecule has 2 heterocycles. The highest BCUT2D eigenvalue weighted by molar-refractivity contribution is 7.25. The number of rotatable bonds is 4. The second-order valence-electron chi connectivity index (χ2n) is 12.1. The summed E-state index contributed by atoms with van der Waals surface area (Å²) in [4.78, 5) is 2.42. The Bertz CT molecular complexity index is 2790. The van der Waals surface area contributed by atoms with Gasteiger partial charge in [0.05, 0.1) is 5.69 Å². The first-order valence-electron chi connectivity index (χ1n) is 15.9. The van der Waals surface area contributed by atoms with Crippen molar-refractivity contribution in [3.05, 3.63) is 164 Å². The maximum atomic E-state index is 6.24. The van der Waals surface area contributed by atoms with Crippen LogP contribution in [0.5, 0.6) is 0 Å². The smallest absolute Gasteiger partial charge is 0.136 e. The van der Waals surface area contributed by atoms with Crippen LogP contribution in [0.25, 0.3) is 74.8 Å². The molecule has 0 aliphatic heterocycles. The Morgan fingerprint density at radius 3 is 1.98 bits per heavy atom. The van der Waals surface area contributed by atoms with E-state index in [1.165, 1.54) is 52.8 Å². The lowest BCUT2D eigenvalue weighted by Gasteiger charge is -2.27. The van der Waals surface area contributed by atoms with E-state index in [0.717, 1.165) is 39.0 Å². The molecule has 0 aliphatic rings. The summed E-state index contributed by atoms with van der Waals surface area (Å²) in [6, 6.07) is 59.2. The Morgan fingerprint density at radius 1 is 0.383 bits per heavy atom. The van der Waals surface area contributed by atoms with E-state index in [4.69, 9.17) is 4.42 Å². The fourth-order valence-electron chi connectivity index (χ4n) is 7.20. The van der Waals surface area contributed by atoms with E-state index in [1.807, 2.05) is 23.5 Å². The Hall–Kier alpha value is -5.90. The van der Waals surface area contributed by atoms with Gasteiger partial charge in [0.2, 0.25) is 0 Å². The molecule has 8 aromatic carbocycles. The molecule has 0 bridgehead atoms. The predicted molar refractivity (Wildman–Crippen MR) is 202 cm³/mol. The molecule has 0 aliphatic carbocycles. The van der Waals surface area contributed by atoms with Crippen molar-refractivity contribution in [3.8, 4) is 11.1 Å². The fraction of sp³-hybridized carbons (Fsp3) is 0. The van der Waals surface area contributed by atoms with Gasteiger partial charge in [0.25, 0.3) is 0 Å². The molecule has 0 amide bonds. The topological polar surface area (TPSA) is 16.4 Å². The zero-order valence-electron chi connectivity index (χ0n) is 25.4. The molecule has 10 rings (SSSR count). The predicted octanol–water partition coefficient (Wildman–Crippen LogP) is 13.4. The summed E-state index contributed by atoms with van der Waals surface area (Å²) in [5, 5.41) is 9.73. The molecule has 0 radical (unpaired) electrons. The molecule has 0 saturated heterocycles. The van der Waals surface area contributed by atoms with Crippen LogP contribution < -0.4 is 4.90 Å². The molecule has 3 heteroatoms. The molecule has 47 heavy (non-hydrogen) atoms. The van der Waals surface area contributed by atoms with Crippen molar-refractivity contribution in [1.29, 1.82) is 0 Å². The number of benzene rings is 8. The van der Waals surface area contributed by atoms with Crippen molar-refractivity contribution in [3.63, 3.8) is 0 Å². The van der Waals surface area contributed by atoms with Gasteiger partial charge in [-0.1, -0.05) is 109 Å². The van der Waals surface area contributed by atoms with E-state index in [9.17, 15) is 0 Å². The minimum absolute atomic E-state index is 0.921. The van der Waals surface area contributed by atoms with Crippen molar-refractivity contribution in [2.45, 2.75) is 0 Å². The Kier molecular flexibility index (Phi) is 5.78. The summed E-state index contributed by atoms with van der Waals surface area (Å²) in [6.07, 6.45) is 0. The third kappa shape index (κ3) is 4.17. The molecule has 2 aromatic heterocycles. The minimum Gasteiger partial charge on any atom is -0.456 e. The average Bonchev–Trinajstić information content (AvgIpc) is 3.69. The van der Waals surface area contributed by atoms with E-state index < -0.39 is 0 Å². The van der Waals surface area contributed by atoms with Crippen molar-refractivity contribution in [2.24, 2.45) is 0 Å². The van der Waals surface area contributed by atoms with E-state index in [-0.39, 0.29) is 0 Å². The van der Waals surface area contributed by atoms with Crippen LogP contribution in [0.3, 0.4) is 0 Å². The van der Waals surface area contributed by atoms with Gasteiger partial charge in [0.15, 0.2) is 0 Å². The second-order valence-corrected chi connectivity index (χ2v) is 13.2. The van der Waals surface area contributed by atoms with Crippen LogP contribution in [0.15, 0.2) is 168 Å². The van der Waals surface area contributed by atoms with Gasteiger partial charge in [-0.3, -0.25) is 0 Å². The zero-order chi connectivity index (χ0) is 30.9. The van der Waals surface area contributed by atoms with Crippen LogP contribution in [0.2, 0.25) is 0 Å². The average molecular weight is 618 g/mol. The molecule has 0 spiro atoms. The number of para-hydroxylation sites is 1. The third-order valence-corrected chi connectivity index (χ3v) is 10.6. The number of thiophene rings is 1. The molecule has 10 aromatic rings. The maximum Gasteiger partial charge on any atom is 0.136 e. The van der Waals surface area contributed by atoms with Crippen LogP contribution in [0, 0.1) is 0 Å². The van der Waals surface area contributed by atoms with Crippen LogP contribution in [0.4, 0.5) is 17.1 Å². The first kappa shape index (κ1) is 26.3. The van der Waals surface area contributed by atoms with Gasteiger partial charge in [-0.25, -0.2) is 0 Å². The Morgan fingerprint density at radius 2 is 1.09 bits per heavy atom. The highest BCUT2D eigenvalue weighted by atomic mass is 32.1. The van der Waals surface area contributed by atoms with Crippen molar-refractivity contribution < 1.29 is 4.42 Å². The number of furan rings is 1. The molecule has 0 unspecified atom stereocenters. The zero-order valence-corrected chi connectivity index (χ0v) is 26.2. The normalized spacial score (nSPS) is 11.8. The lowest BCUT2D eigenvalue weighted by atomic mass is 9.98. The van der Waals surface area contributed by atoms with Crippen LogP contribution in [-0.2, 0) is 0 Å². The summed E-state index contributed by atoms with van der Waals surface area (Å²) < 4.78 is 8.84.